The van der Waals surface area contributed by atoms with Crippen molar-refractivity contribution in [2.24, 2.45) is 11.8 Å². The van der Waals surface area contributed by atoms with Crippen molar-refractivity contribution >= 4 is 5.69 Å². The molecule has 2 heterocycles. The second-order valence-corrected chi connectivity index (χ2v) is 8.68. The molecule has 1 aromatic carbocycles. The molecule has 1 N–H and O–H groups in total. The molecule has 4 rings (SSSR count). The van der Waals surface area contributed by atoms with Crippen LogP contribution in [0.1, 0.15) is 45.4 Å². The average molecular weight is 359 g/mol. The van der Waals surface area contributed by atoms with Crippen LogP contribution in [0.25, 0.3) is 0 Å². The smallest absolute Gasteiger partial charge is 0.120 e. The molecule has 4 heteroatoms. The molecule has 26 heavy (non-hydrogen) atoms. The van der Waals surface area contributed by atoms with Crippen LogP contribution in [0.3, 0.4) is 0 Å². The monoisotopic (exact) mass is 358 g/mol. The van der Waals surface area contributed by atoms with Crippen LogP contribution < -0.4 is 9.64 Å². The van der Waals surface area contributed by atoms with Crippen LogP contribution in [0.4, 0.5) is 5.69 Å². The van der Waals surface area contributed by atoms with Crippen LogP contribution in [0.2, 0.25) is 0 Å². The zero-order valence-corrected chi connectivity index (χ0v) is 16.4. The van der Waals surface area contributed by atoms with Gasteiger partial charge in [-0.1, -0.05) is 19.4 Å². The van der Waals surface area contributed by atoms with E-state index in [4.69, 9.17) is 4.74 Å². The maximum atomic E-state index is 11.2. The fraction of sp³-hybridized carbons (Fsp3) is 0.727. The maximum Gasteiger partial charge on any atom is 0.120 e. The first kappa shape index (κ1) is 18.1. The number of hydrogen-bond donors (Lipinski definition) is 1. The van der Waals surface area contributed by atoms with E-state index in [1.54, 1.807) is 7.11 Å². The topological polar surface area (TPSA) is 35.9 Å². The highest BCUT2D eigenvalue weighted by molar-refractivity contribution is 5.51. The van der Waals surface area contributed by atoms with Crippen molar-refractivity contribution in [2.75, 3.05) is 38.2 Å². The van der Waals surface area contributed by atoms with Crippen LogP contribution in [0, 0.1) is 11.8 Å². The minimum atomic E-state index is -0.393. The van der Waals surface area contributed by atoms with Gasteiger partial charge in [0.1, 0.15) is 5.75 Å². The summed E-state index contributed by atoms with van der Waals surface area (Å²) in [5.41, 5.74) is 0.880. The minimum absolute atomic E-state index is 0.393. The van der Waals surface area contributed by atoms with E-state index in [0.29, 0.717) is 17.9 Å². The van der Waals surface area contributed by atoms with Gasteiger partial charge in [0, 0.05) is 44.0 Å². The Labute approximate surface area is 158 Å². The van der Waals surface area contributed by atoms with Crippen molar-refractivity contribution in [3.63, 3.8) is 0 Å². The van der Waals surface area contributed by atoms with Gasteiger partial charge in [-0.3, -0.25) is 4.90 Å². The van der Waals surface area contributed by atoms with Crippen LogP contribution in [0.15, 0.2) is 24.3 Å². The van der Waals surface area contributed by atoms with Gasteiger partial charge >= 0.3 is 0 Å². The Morgan fingerprint density at radius 1 is 1.12 bits per heavy atom. The molecule has 144 valence electrons. The van der Waals surface area contributed by atoms with Gasteiger partial charge in [-0.05, 0) is 56.1 Å². The molecule has 0 unspecified atom stereocenters. The number of piperidine rings is 2. The van der Waals surface area contributed by atoms with E-state index in [2.05, 4.69) is 34.9 Å². The molecule has 1 aromatic rings. The van der Waals surface area contributed by atoms with Crippen LogP contribution in [-0.2, 0) is 0 Å². The van der Waals surface area contributed by atoms with Crippen molar-refractivity contribution in [3.8, 4) is 5.75 Å². The Balaban J connectivity index is 1.32. The lowest BCUT2D eigenvalue weighted by atomic mass is 9.64. The van der Waals surface area contributed by atoms with E-state index >= 15 is 0 Å². The van der Waals surface area contributed by atoms with Crippen LogP contribution in [-0.4, -0.2) is 54.9 Å². The van der Waals surface area contributed by atoms with Crippen molar-refractivity contribution in [2.45, 2.75) is 57.1 Å². The Bertz CT molecular complexity index is 610. The summed E-state index contributed by atoms with van der Waals surface area (Å²) >= 11 is 0. The van der Waals surface area contributed by atoms with Gasteiger partial charge in [0.25, 0.3) is 0 Å². The van der Waals surface area contributed by atoms with Gasteiger partial charge in [0.05, 0.1) is 12.7 Å². The third-order valence-corrected chi connectivity index (χ3v) is 7.37. The van der Waals surface area contributed by atoms with E-state index in [1.807, 2.05) is 6.07 Å². The van der Waals surface area contributed by atoms with Gasteiger partial charge in [-0.25, -0.2) is 0 Å². The number of likely N-dealkylation sites (tertiary alicyclic amines) is 1. The average Bonchev–Trinajstić information content (AvgIpc) is 2.63. The minimum Gasteiger partial charge on any atom is -0.497 e. The van der Waals surface area contributed by atoms with Gasteiger partial charge in [-0.2, -0.15) is 0 Å². The van der Waals surface area contributed by atoms with E-state index < -0.39 is 5.60 Å². The number of ether oxygens (including phenoxy) is 1. The molecule has 0 radical (unpaired) electrons. The molecule has 2 aliphatic heterocycles. The van der Waals surface area contributed by atoms with Crippen molar-refractivity contribution in [1.82, 2.24) is 4.90 Å². The second kappa shape index (κ2) is 7.40. The van der Waals surface area contributed by atoms with E-state index in [-0.39, 0.29) is 0 Å². The fourth-order valence-corrected chi connectivity index (χ4v) is 5.31. The van der Waals surface area contributed by atoms with Gasteiger partial charge in [-0.15, -0.1) is 0 Å². The molecule has 3 fully saturated rings. The largest absolute Gasteiger partial charge is 0.497 e. The lowest BCUT2D eigenvalue weighted by Gasteiger charge is -2.52. The van der Waals surface area contributed by atoms with Gasteiger partial charge in [0.2, 0.25) is 0 Å². The normalized spacial score (nSPS) is 31.7. The maximum absolute atomic E-state index is 11.2. The highest BCUT2D eigenvalue weighted by Gasteiger charge is 2.47. The summed E-state index contributed by atoms with van der Waals surface area (Å²) in [7, 11) is 1.73. The summed E-state index contributed by atoms with van der Waals surface area (Å²) in [6.45, 7) is 6.62. The van der Waals surface area contributed by atoms with E-state index in [9.17, 15) is 5.11 Å². The zero-order chi connectivity index (χ0) is 18.1. The molecule has 1 saturated carbocycles. The van der Waals surface area contributed by atoms with Crippen LogP contribution in [0.5, 0.6) is 5.75 Å². The molecule has 0 aromatic heterocycles. The predicted octanol–water partition coefficient (Wildman–Crippen LogP) is 3.54. The second-order valence-electron chi connectivity index (χ2n) is 8.68. The number of benzene rings is 1. The summed E-state index contributed by atoms with van der Waals surface area (Å²) in [6.07, 6.45) is 7.18. The molecule has 3 aliphatic rings. The lowest BCUT2D eigenvalue weighted by Crippen LogP contribution is -2.59. The molecule has 0 bridgehead atoms. The third kappa shape index (κ3) is 3.34. The molecule has 2 atom stereocenters. The van der Waals surface area contributed by atoms with Crippen LogP contribution >= 0.6 is 0 Å². The summed E-state index contributed by atoms with van der Waals surface area (Å²) in [5.74, 6) is 1.90. The molecule has 0 spiro atoms. The Morgan fingerprint density at radius 2 is 1.88 bits per heavy atom. The molecule has 2 saturated heterocycles. The Kier molecular flexibility index (Phi) is 5.15. The van der Waals surface area contributed by atoms with Crippen molar-refractivity contribution < 1.29 is 9.84 Å². The summed E-state index contributed by atoms with van der Waals surface area (Å²) in [4.78, 5) is 5.15. The number of methoxy groups -OCH3 is 1. The van der Waals surface area contributed by atoms with Gasteiger partial charge < -0.3 is 14.7 Å². The fourth-order valence-electron chi connectivity index (χ4n) is 5.31. The highest BCUT2D eigenvalue weighted by atomic mass is 16.5. The molecular weight excluding hydrogens is 324 g/mol. The quantitative estimate of drug-likeness (QED) is 0.893. The molecule has 0 amide bonds. The first-order chi connectivity index (χ1) is 12.6. The first-order valence-corrected chi connectivity index (χ1v) is 10.5. The lowest BCUT2D eigenvalue weighted by molar-refractivity contribution is -0.133. The molecular formula is C22H34N2O2. The van der Waals surface area contributed by atoms with E-state index in [1.165, 1.54) is 37.8 Å². The summed E-state index contributed by atoms with van der Waals surface area (Å²) in [5, 5.41) is 11.2. The zero-order valence-electron chi connectivity index (χ0n) is 16.4. The SMILES string of the molecule is COc1cccc(N2CCC(N3CC[C@@](O)(C4CCC4)[C@H](C)C3)CC2)c1. The first-order valence-electron chi connectivity index (χ1n) is 10.5. The highest BCUT2D eigenvalue weighted by Crippen LogP contribution is 2.45. The Hall–Kier alpha value is -1.26. The number of aliphatic hydroxyl groups is 1. The van der Waals surface area contributed by atoms with Crippen molar-refractivity contribution in [1.29, 1.82) is 0 Å². The summed E-state index contributed by atoms with van der Waals surface area (Å²) in [6, 6.07) is 9.08. The Morgan fingerprint density at radius 3 is 2.50 bits per heavy atom. The number of nitrogens with zero attached hydrogens (tertiary/aromatic N) is 2. The standard InChI is InChI=1S/C22H34N2O2/c1-17-16-24(14-11-22(17,25)18-5-3-6-18)19-9-12-23(13-10-19)20-7-4-8-21(15-20)26-2/h4,7-8,15,17-19,25H,3,5-6,9-14,16H2,1-2H3/t17-,22+/m1/s1. The van der Waals surface area contributed by atoms with E-state index in [0.717, 1.165) is 38.3 Å². The number of hydrogen-bond acceptors (Lipinski definition) is 4. The molecule has 4 nitrogen and oxygen atoms in total. The molecule has 1 aliphatic carbocycles. The third-order valence-electron chi connectivity index (χ3n) is 7.37. The number of rotatable bonds is 4. The predicted molar refractivity (Wildman–Crippen MR) is 106 cm³/mol. The van der Waals surface area contributed by atoms with Crippen molar-refractivity contribution in [3.05, 3.63) is 24.3 Å². The summed E-state index contributed by atoms with van der Waals surface area (Å²) < 4.78 is 5.37. The number of anilines is 1. The van der Waals surface area contributed by atoms with Gasteiger partial charge in [0.15, 0.2) is 0 Å².